The number of anilines is 2. The van der Waals surface area contributed by atoms with Gasteiger partial charge in [0.25, 0.3) is 11.8 Å². The van der Waals surface area contributed by atoms with Crippen molar-refractivity contribution >= 4 is 69.6 Å². The number of amides is 4. The molecule has 2 aromatic carbocycles. The molecule has 0 spiro atoms. The number of aromatic hydroxyl groups is 1. The third kappa shape index (κ3) is 4.18. The first kappa shape index (κ1) is 32.2. The van der Waals surface area contributed by atoms with E-state index >= 15 is 0 Å². The second kappa shape index (κ2) is 10.6. The Morgan fingerprint density at radius 1 is 0.979 bits per heavy atom. The van der Waals surface area contributed by atoms with E-state index in [2.05, 4.69) is 0 Å². The number of phenolic OH excluding ortho intramolecular Hbond substituents is 1. The van der Waals surface area contributed by atoms with Crippen molar-refractivity contribution in [3.8, 4) is 11.5 Å². The maximum absolute atomic E-state index is 14.3. The van der Waals surface area contributed by atoms with E-state index in [1.54, 1.807) is 6.08 Å². The van der Waals surface area contributed by atoms with Gasteiger partial charge < -0.3 is 14.7 Å². The number of carbonyl (C=O) groups is 4. The minimum Gasteiger partial charge on any atom is -0.508 e. The van der Waals surface area contributed by atoms with E-state index in [1.807, 2.05) is 0 Å². The number of phenols is 1. The van der Waals surface area contributed by atoms with Crippen LogP contribution >= 0.6 is 23.2 Å². The molecule has 2 aliphatic carbocycles. The van der Waals surface area contributed by atoms with Gasteiger partial charge >= 0.3 is 11.4 Å². The van der Waals surface area contributed by atoms with Gasteiger partial charge in [-0.2, -0.15) is 0 Å². The molecule has 0 radical (unpaired) electrons. The van der Waals surface area contributed by atoms with E-state index < -0.39 is 78.3 Å². The summed E-state index contributed by atoms with van der Waals surface area (Å²) >= 11 is 14.3. The number of imide groups is 2. The van der Waals surface area contributed by atoms with Gasteiger partial charge in [-0.25, -0.2) is 4.90 Å². The zero-order chi connectivity index (χ0) is 34.5. The largest absolute Gasteiger partial charge is 0.508 e. The lowest BCUT2D eigenvalue weighted by Gasteiger charge is -2.50. The SMILES string of the molecule is COc1ccc(O)c(C2C3=CCC4C(=O)N(c5cc([N+](=O)[O-])c(N(C)C)c([N+](=O)[O-])c5)C(=O)C4C3CC3(Cl)C(=O)N(C)C(=O)C23Cl)c1. The summed E-state index contributed by atoms with van der Waals surface area (Å²) in [5, 5.41) is 35.1. The number of alkyl halides is 2. The van der Waals surface area contributed by atoms with Crippen molar-refractivity contribution in [2.45, 2.75) is 28.5 Å². The van der Waals surface area contributed by atoms with E-state index in [-0.39, 0.29) is 35.5 Å². The predicted octanol–water partition coefficient (Wildman–Crippen LogP) is 3.48. The minimum atomic E-state index is -2.14. The molecule has 6 atom stereocenters. The molecule has 4 amide bonds. The van der Waals surface area contributed by atoms with Crippen molar-refractivity contribution in [2.24, 2.45) is 17.8 Å². The number of halogens is 2. The summed E-state index contributed by atoms with van der Waals surface area (Å²) in [6.07, 6.45) is 1.26. The Balaban J connectivity index is 1.52. The number of rotatable bonds is 6. The number of nitro groups is 2. The minimum absolute atomic E-state index is 0.0427. The highest BCUT2D eigenvalue weighted by molar-refractivity contribution is 6.53. The molecular weight excluding hydrogens is 661 g/mol. The van der Waals surface area contributed by atoms with Crippen LogP contribution in [-0.2, 0) is 19.2 Å². The molecule has 0 aromatic heterocycles. The third-order valence-electron chi connectivity index (χ3n) is 9.71. The maximum atomic E-state index is 14.3. The van der Waals surface area contributed by atoms with Gasteiger partial charge in [0.05, 0.1) is 34.5 Å². The van der Waals surface area contributed by atoms with Gasteiger partial charge in [0.15, 0.2) is 15.4 Å². The van der Waals surface area contributed by atoms with Gasteiger partial charge in [0.1, 0.15) is 11.5 Å². The number of likely N-dealkylation sites (tertiary alicyclic amines) is 1. The lowest BCUT2D eigenvalue weighted by atomic mass is 9.56. The molecule has 2 heterocycles. The Morgan fingerprint density at radius 2 is 1.60 bits per heavy atom. The fraction of sp³-hybridized carbons (Fsp3) is 0.400. The predicted molar refractivity (Wildman–Crippen MR) is 167 cm³/mol. The van der Waals surface area contributed by atoms with Gasteiger partial charge in [-0.3, -0.25) is 44.3 Å². The lowest BCUT2D eigenvalue weighted by molar-refractivity contribution is -0.392. The molecule has 1 saturated carbocycles. The van der Waals surface area contributed by atoms with Crippen LogP contribution in [0.4, 0.5) is 22.7 Å². The first-order valence-electron chi connectivity index (χ1n) is 14.3. The second-order valence-corrected chi connectivity index (χ2v) is 13.4. The Kier molecular flexibility index (Phi) is 7.28. The zero-order valence-corrected chi connectivity index (χ0v) is 26.8. The van der Waals surface area contributed by atoms with Crippen LogP contribution in [0.3, 0.4) is 0 Å². The number of benzene rings is 2. The Labute approximate surface area is 276 Å². The molecule has 3 fully saturated rings. The summed E-state index contributed by atoms with van der Waals surface area (Å²) in [5.41, 5.74) is -1.57. The van der Waals surface area contributed by atoms with E-state index in [4.69, 9.17) is 27.9 Å². The molecule has 4 aliphatic rings. The number of fused-ring (bicyclic) bond motifs is 4. The fourth-order valence-corrected chi connectivity index (χ4v) is 8.70. The lowest BCUT2D eigenvalue weighted by Crippen LogP contribution is -2.60. The fourth-order valence-electron chi connectivity index (χ4n) is 7.69. The smallest absolute Gasteiger partial charge is 0.301 e. The van der Waals surface area contributed by atoms with Crippen LogP contribution in [0, 0.1) is 38.0 Å². The van der Waals surface area contributed by atoms with Gasteiger partial charge in [0, 0.05) is 44.8 Å². The molecule has 2 aromatic rings. The topological polar surface area (TPSA) is 194 Å². The molecule has 2 aliphatic heterocycles. The van der Waals surface area contributed by atoms with Crippen molar-refractivity contribution in [3.63, 3.8) is 0 Å². The summed E-state index contributed by atoms with van der Waals surface area (Å²) in [5.74, 6) is -7.65. The zero-order valence-electron chi connectivity index (χ0n) is 25.3. The number of allylic oxidation sites excluding steroid dienone is 2. The highest BCUT2D eigenvalue weighted by Gasteiger charge is 2.76. The first-order chi connectivity index (χ1) is 22.0. The van der Waals surface area contributed by atoms with E-state index in [0.717, 1.165) is 17.0 Å². The van der Waals surface area contributed by atoms with Gasteiger partial charge in [0.2, 0.25) is 11.8 Å². The second-order valence-electron chi connectivity index (χ2n) is 12.2. The summed E-state index contributed by atoms with van der Waals surface area (Å²) in [6, 6.07) is 6.12. The number of carbonyl (C=O) groups excluding carboxylic acids is 4. The molecule has 15 nitrogen and oxygen atoms in total. The Hall–Kier alpha value is -4.76. The monoisotopic (exact) mass is 687 g/mol. The summed E-state index contributed by atoms with van der Waals surface area (Å²) < 4.78 is 5.34. The number of hydrogen-bond acceptors (Lipinski definition) is 11. The average Bonchev–Trinajstić information content (AvgIpc) is 3.35. The number of nitro benzene ring substituents is 2. The molecule has 1 N–H and O–H groups in total. The van der Waals surface area contributed by atoms with Crippen LogP contribution in [0.5, 0.6) is 11.5 Å². The van der Waals surface area contributed by atoms with E-state index in [0.29, 0.717) is 16.2 Å². The first-order valence-corrected chi connectivity index (χ1v) is 15.1. The van der Waals surface area contributed by atoms with Gasteiger partial charge in [-0.1, -0.05) is 11.6 Å². The molecule has 246 valence electrons. The quantitative estimate of drug-likeness (QED) is 0.154. The Bertz CT molecular complexity index is 1830. The van der Waals surface area contributed by atoms with Crippen LogP contribution < -0.4 is 14.5 Å². The van der Waals surface area contributed by atoms with E-state index in [1.165, 1.54) is 51.4 Å². The molecule has 0 bridgehead atoms. The molecule has 6 rings (SSSR count). The van der Waals surface area contributed by atoms with Crippen LogP contribution in [-0.4, -0.2) is 81.5 Å². The van der Waals surface area contributed by atoms with Crippen LogP contribution in [0.1, 0.15) is 24.3 Å². The van der Waals surface area contributed by atoms with Gasteiger partial charge in [-0.05, 0) is 37.0 Å². The Morgan fingerprint density at radius 3 is 2.15 bits per heavy atom. The van der Waals surface area contributed by atoms with Crippen molar-refractivity contribution < 1.29 is 38.9 Å². The number of ether oxygens (including phenoxy) is 1. The molecular formula is C30H27Cl2N5O10. The standard InChI is InChI=1S/C30H27Cl2N5O10/c1-33(2)24-19(36(43)44)9-13(10-20(24)37(45)46)35-25(39)16-7-6-15-18(22(16)26(35)40)12-29(31)27(41)34(3)28(42)30(29,32)23(15)17-11-14(47-4)5-8-21(17)38/h5-6,8-11,16,18,22-23,38H,7,12H2,1-4H3. The molecule has 6 unspecified atom stereocenters. The van der Waals surface area contributed by atoms with Crippen LogP contribution in [0.25, 0.3) is 0 Å². The summed E-state index contributed by atoms with van der Waals surface area (Å²) in [4.78, 5) is 76.4. The number of methoxy groups -OCH3 is 1. The van der Waals surface area contributed by atoms with E-state index in [9.17, 15) is 44.5 Å². The third-order valence-corrected chi connectivity index (χ3v) is 11.1. The van der Waals surface area contributed by atoms with Crippen molar-refractivity contribution in [1.82, 2.24) is 4.90 Å². The summed E-state index contributed by atoms with van der Waals surface area (Å²) in [7, 11) is 5.38. The maximum Gasteiger partial charge on any atom is 0.301 e. The normalized spacial score (nSPS) is 29.7. The van der Waals surface area contributed by atoms with Gasteiger partial charge in [-0.15, -0.1) is 23.2 Å². The molecule has 2 saturated heterocycles. The highest BCUT2D eigenvalue weighted by Crippen LogP contribution is 2.66. The highest BCUT2D eigenvalue weighted by atomic mass is 35.5. The van der Waals surface area contributed by atoms with Crippen molar-refractivity contribution in [1.29, 1.82) is 0 Å². The number of nitrogens with zero attached hydrogens (tertiary/aromatic N) is 5. The van der Waals surface area contributed by atoms with Crippen molar-refractivity contribution in [2.75, 3.05) is 38.1 Å². The van der Waals surface area contributed by atoms with Crippen LogP contribution in [0.2, 0.25) is 0 Å². The molecule has 47 heavy (non-hydrogen) atoms. The van der Waals surface area contributed by atoms with Crippen molar-refractivity contribution in [3.05, 3.63) is 67.8 Å². The summed E-state index contributed by atoms with van der Waals surface area (Å²) in [6.45, 7) is 0. The number of hydrogen-bond donors (Lipinski definition) is 1. The van der Waals surface area contributed by atoms with Crippen LogP contribution in [0.15, 0.2) is 42.0 Å². The molecule has 17 heteroatoms. The average molecular weight is 688 g/mol.